The molecule has 0 bridgehead atoms. The summed E-state index contributed by atoms with van der Waals surface area (Å²) >= 11 is 0. The van der Waals surface area contributed by atoms with Crippen LogP contribution in [0.3, 0.4) is 0 Å². The van der Waals surface area contributed by atoms with Crippen molar-refractivity contribution in [2.24, 2.45) is 11.3 Å². The van der Waals surface area contributed by atoms with E-state index in [9.17, 15) is 0 Å². The van der Waals surface area contributed by atoms with Gasteiger partial charge in [0.2, 0.25) is 0 Å². The van der Waals surface area contributed by atoms with E-state index < -0.39 is 0 Å². The van der Waals surface area contributed by atoms with Gasteiger partial charge in [-0.05, 0) is 44.1 Å². The Kier molecular flexibility index (Phi) is 7.49. The third-order valence-corrected chi connectivity index (χ3v) is 4.66. The van der Waals surface area contributed by atoms with Crippen LogP contribution in [0.1, 0.15) is 53.9 Å². The third kappa shape index (κ3) is 6.11. The van der Waals surface area contributed by atoms with E-state index in [4.69, 9.17) is 4.74 Å². The standard InChI is InChI=1S/C17H36N2O/c1-7-18-16(17(3,4)5)10-11-19(12-13-20-6)14(2)15-8-9-15/h14-16,18H,7-13H2,1-6H3. The first kappa shape index (κ1) is 17.9. The Balaban J connectivity index is 2.49. The highest BCUT2D eigenvalue weighted by molar-refractivity contribution is 4.87. The van der Waals surface area contributed by atoms with E-state index >= 15 is 0 Å². The van der Waals surface area contributed by atoms with Gasteiger partial charge in [0, 0.05) is 32.3 Å². The Morgan fingerprint density at radius 1 is 1.25 bits per heavy atom. The van der Waals surface area contributed by atoms with Crippen LogP contribution in [0.4, 0.5) is 0 Å². The zero-order valence-corrected chi connectivity index (χ0v) is 14.5. The molecule has 0 aromatic rings. The fraction of sp³-hybridized carbons (Fsp3) is 1.00. The predicted octanol–water partition coefficient (Wildman–Crippen LogP) is 3.15. The summed E-state index contributed by atoms with van der Waals surface area (Å²) in [6.45, 7) is 15.8. The molecule has 120 valence electrons. The molecule has 3 nitrogen and oxygen atoms in total. The van der Waals surface area contributed by atoms with E-state index in [1.54, 1.807) is 7.11 Å². The predicted molar refractivity (Wildman–Crippen MR) is 87.2 cm³/mol. The Morgan fingerprint density at radius 2 is 1.90 bits per heavy atom. The van der Waals surface area contributed by atoms with Crippen molar-refractivity contribution in [3.8, 4) is 0 Å². The summed E-state index contributed by atoms with van der Waals surface area (Å²) in [6.07, 6.45) is 4.05. The van der Waals surface area contributed by atoms with Crippen molar-refractivity contribution in [3.05, 3.63) is 0 Å². The van der Waals surface area contributed by atoms with E-state index in [0.29, 0.717) is 17.5 Å². The van der Waals surface area contributed by atoms with Gasteiger partial charge in [0.15, 0.2) is 0 Å². The summed E-state index contributed by atoms with van der Waals surface area (Å²) in [5.74, 6) is 0.930. The first-order chi connectivity index (χ1) is 9.40. The molecular weight excluding hydrogens is 248 g/mol. The zero-order chi connectivity index (χ0) is 15.2. The minimum absolute atomic E-state index is 0.325. The normalized spacial score (nSPS) is 19.4. The molecule has 0 aliphatic heterocycles. The van der Waals surface area contributed by atoms with Crippen molar-refractivity contribution < 1.29 is 4.74 Å². The number of hydrogen-bond donors (Lipinski definition) is 1. The second kappa shape index (κ2) is 8.35. The Hall–Kier alpha value is -0.120. The molecule has 2 unspecified atom stereocenters. The lowest BCUT2D eigenvalue weighted by molar-refractivity contribution is 0.107. The average Bonchev–Trinajstić information content (AvgIpc) is 3.19. The lowest BCUT2D eigenvalue weighted by Gasteiger charge is -2.35. The molecule has 3 heteroatoms. The van der Waals surface area contributed by atoms with Crippen LogP contribution in [-0.4, -0.2) is 50.3 Å². The topological polar surface area (TPSA) is 24.5 Å². The molecule has 20 heavy (non-hydrogen) atoms. The SMILES string of the molecule is CCNC(CCN(CCOC)C(C)C1CC1)C(C)(C)C. The van der Waals surface area contributed by atoms with Gasteiger partial charge in [-0.2, -0.15) is 0 Å². The average molecular weight is 284 g/mol. The van der Waals surface area contributed by atoms with Crippen LogP contribution in [0.25, 0.3) is 0 Å². The largest absolute Gasteiger partial charge is 0.383 e. The summed E-state index contributed by atoms with van der Waals surface area (Å²) in [7, 11) is 1.80. The van der Waals surface area contributed by atoms with Gasteiger partial charge >= 0.3 is 0 Å². The molecule has 0 heterocycles. The Morgan fingerprint density at radius 3 is 2.35 bits per heavy atom. The minimum Gasteiger partial charge on any atom is -0.383 e. The second-order valence-electron chi connectivity index (χ2n) is 7.37. The minimum atomic E-state index is 0.325. The quantitative estimate of drug-likeness (QED) is 0.667. The molecule has 0 spiro atoms. The van der Waals surface area contributed by atoms with E-state index in [1.165, 1.54) is 25.8 Å². The molecule has 0 aromatic heterocycles. The van der Waals surface area contributed by atoms with Crippen LogP contribution in [0.15, 0.2) is 0 Å². The fourth-order valence-corrected chi connectivity index (χ4v) is 2.99. The number of nitrogens with zero attached hydrogens (tertiary/aromatic N) is 1. The maximum Gasteiger partial charge on any atom is 0.0589 e. The molecule has 2 atom stereocenters. The summed E-state index contributed by atoms with van der Waals surface area (Å²) < 4.78 is 5.29. The van der Waals surface area contributed by atoms with Gasteiger partial charge in [-0.15, -0.1) is 0 Å². The van der Waals surface area contributed by atoms with Crippen LogP contribution < -0.4 is 5.32 Å². The molecule has 1 N–H and O–H groups in total. The van der Waals surface area contributed by atoms with Crippen LogP contribution in [0.2, 0.25) is 0 Å². The van der Waals surface area contributed by atoms with Crippen molar-refractivity contribution in [1.82, 2.24) is 10.2 Å². The van der Waals surface area contributed by atoms with Gasteiger partial charge in [0.1, 0.15) is 0 Å². The molecule has 1 rings (SSSR count). The van der Waals surface area contributed by atoms with Crippen molar-refractivity contribution in [1.29, 1.82) is 0 Å². The lowest BCUT2D eigenvalue weighted by atomic mass is 9.84. The summed E-state index contributed by atoms with van der Waals surface area (Å²) in [5, 5.41) is 3.66. The maximum atomic E-state index is 5.29. The number of rotatable bonds is 10. The van der Waals surface area contributed by atoms with E-state index in [1.807, 2.05) is 0 Å². The van der Waals surface area contributed by atoms with E-state index in [0.717, 1.165) is 25.6 Å². The van der Waals surface area contributed by atoms with E-state index in [2.05, 4.69) is 44.8 Å². The first-order valence-electron chi connectivity index (χ1n) is 8.36. The van der Waals surface area contributed by atoms with Gasteiger partial charge in [0.05, 0.1) is 6.61 Å². The zero-order valence-electron chi connectivity index (χ0n) is 14.5. The number of ether oxygens (including phenoxy) is 1. The van der Waals surface area contributed by atoms with Crippen molar-refractivity contribution >= 4 is 0 Å². The lowest BCUT2D eigenvalue weighted by Crippen LogP contribution is -2.45. The van der Waals surface area contributed by atoms with Crippen LogP contribution in [-0.2, 0) is 4.74 Å². The monoisotopic (exact) mass is 284 g/mol. The van der Waals surface area contributed by atoms with E-state index in [-0.39, 0.29) is 0 Å². The van der Waals surface area contributed by atoms with Gasteiger partial charge < -0.3 is 10.1 Å². The molecule has 0 saturated heterocycles. The van der Waals surface area contributed by atoms with Gasteiger partial charge in [0.25, 0.3) is 0 Å². The van der Waals surface area contributed by atoms with Crippen molar-refractivity contribution in [2.75, 3.05) is 33.4 Å². The molecule has 0 radical (unpaired) electrons. The highest BCUT2D eigenvalue weighted by Gasteiger charge is 2.32. The molecule has 0 aromatic carbocycles. The highest BCUT2D eigenvalue weighted by atomic mass is 16.5. The smallest absolute Gasteiger partial charge is 0.0589 e. The van der Waals surface area contributed by atoms with Crippen LogP contribution >= 0.6 is 0 Å². The molecule has 1 saturated carbocycles. The van der Waals surface area contributed by atoms with Crippen molar-refractivity contribution in [3.63, 3.8) is 0 Å². The number of methoxy groups -OCH3 is 1. The van der Waals surface area contributed by atoms with Gasteiger partial charge in [-0.3, -0.25) is 4.90 Å². The van der Waals surface area contributed by atoms with Crippen molar-refractivity contribution in [2.45, 2.75) is 66.0 Å². The number of hydrogen-bond acceptors (Lipinski definition) is 3. The maximum absolute atomic E-state index is 5.29. The van der Waals surface area contributed by atoms with Crippen LogP contribution in [0, 0.1) is 11.3 Å². The Bertz CT molecular complexity index is 258. The highest BCUT2D eigenvalue weighted by Crippen LogP contribution is 2.35. The first-order valence-corrected chi connectivity index (χ1v) is 8.36. The molecular formula is C17H36N2O. The molecule has 1 aliphatic carbocycles. The second-order valence-corrected chi connectivity index (χ2v) is 7.37. The third-order valence-electron chi connectivity index (χ3n) is 4.66. The van der Waals surface area contributed by atoms with Gasteiger partial charge in [-0.25, -0.2) is 0 Å². The van der Waals surface area contributed by atoms with Gasteiger partial charge in [-0.1, -0.05) is 27.7 Å². The summed E-state index contributed by atoms with van der Waals surface area (Å²) in [5.41, 5.74) is 0.325. The fourth-order valence-electron chi connectivity index (χ4n) is 2.99. The molecule has 0 amide bonds. The molecule has 1 aliphatic rings. The summed E-state index contributed by atoms with van der Waals surface area (Å²) in [6, 6.07) is 1.30. The number of nitrogens with one attached hydrogen (secondary N) is 1. The Labute approximate surface area is 126 Å². The van der Waals surface area contributed by atoms with Crippen LogP contribution in [0.5, 0.6) is 0 Å². The molecule has 1 fully saturated rings. The summed E-state index contributed by atoms with van der Waals surface area (Å²) in [4.78, 5) is 2.64.